The van der Waals surface area contributed by atoms with Crippen molar-refractivity contribution >= 4 is 24.1 Å². The van der Waals surface area contributed by atoms with Crippen LogP contribution in [0.15, 0.2) is 33.9 Å². The highest BCUT2D eigenvalue weighted by Gasteiger charge is 2.35. The zero-order valence-corrected chi connectivity index (χ0v) is 15.3. The Labute approximate surface area is 164 Å². The van der Waals surface area contributed by atoms with Crippen LogP contribution in [-0.4, -0.2) is 46.3 Å². The topological polar surface area (TPSA) is 99.2 Å². The van der Waals surface area contributed by atoms with Crippen molar-refractivity contribution in [3.63, 3.8) is 0 Å². The molecule has 1 aromatic heterocycles. The van der Waals surface area contributed by atoms with Gasteiger partial charge in [0.2, 0.25) is 11.7 Å². The van der Waals surface area contributed by atoms with Crippen LogP contribution in [-0.2, 0) is 4.79 Å². The predicted molar refractivity (Wildman–Crippen MR) is 97.5 cm³/mol. The third-order valence-electron chi connectivity index (χ3n) is 5.14. The van der Waals surface area contributed by atoms with Gasteiger partial charge in [0, 0.05) is 37.7 Å². The maximum atomic E-state index is 13.6. The van der Waals surface area contributed by atoms with Gasteiger partial charge in [-0.25, -0.2) is 23.6 Å². The normalized spacial score (nSPS) is 19.7. The Balaban J connectivity index is 1.42. The second-order valence-corrected chi connectivity index (χ2v) is 7.01. The number of carbonyl (C=O) groups is 2. The largest absolute Gasteiger partial charge is 0.475 e. The van der Waals surface area contributed by atoms with Crippen LogP contribution >= 0.6 is 0 Å². The Hall–Kier alpha value is -3.30. The third-order valence-corrected chi connectivity index (χ3v) is 5.14. The Bertz CT molecular complexity index is 949. The number of halogens is 2. The lowest BCUT2D eigenvalue weighted by atomic mass is 9.94. The summed E-state index contributed by atoms with van der Waals surface area (Å²) in [5.41, 5.74) is 0.367. The molecule has 1 amide bonds. The summed E-state index contributed by atoms with van der Waals surface area (Å²) in [6.07, 6.45) is 4.11. The molecule has 152 valence electrons. The molecule has 2 aliphatic rings. The molecular formula is C19H18F2N4O4. The lowest BCUT2D eigenvalue weighted by Crippen LogP contribution is -2.41. The number of piperidine rings is 1. The summed E-state index contributed by atoms with van der Waals surface area (Å²) in [6.45, 7) is 0.930. The van der Waals surface area contributed by atoms with Crippen molar-refractivity contribution in [3.05, 3.63) is 47.4 Å². The molecule has 2 aliphatic heterocycles. The van der Waals surface area contributed by atoms with E-state index < -0.39 is 23.6 Å². The number of hydrazone groups is 1. The fourth-order valence-electron chi connectivity index (χ4n) is 3.69. The lowest BCUT2D eigenvalue weighted by Gasteiger charge is -2.33. The average molecular weight is 404 g/mol. The van der Waals surface area contributed by atoms with Gasteiger partial charge in [-0.05, 0) is 30.5 Å². The molecule has 10 heteroatoms. The number of carboxylic acid groups (broad SMARTS) is 1. The van der Waals surface area contributed by atoms with E-state index >= 15 is 0 Å². The van der Waals surface area contributed by atoms with Crippen molar-refractivity contribution < 1.29 is 27.9 Å². The average Bonchev–Trinajstić information content (AvgIpc) is 3.37. The number of aromatic carboxylic acids is 1. The molecule has 1 unspecified atom stereocenters. The number of anilines is 1. The first-order valence-electron chi connectivity index (χ1n) is 9.18. The van der Waals surface area contributed by atoms with Crippen LogP contribution < -0.4 is 4.90 Å². The fourth-order valence-corrected chi connectivity index (χ4v) is 3.69. The molecule has 0 radical (unpaired) electrons. The molecule has 0 bridgehead atoms. The second kappa shape index (κ2) is 7.61. The summed E-state index contributed by atoms with van der Waals surface area (Å²) < 4.78 is 32.4. The van der Waals surface area contributed by atoms with E-state index in [1.807, 2.05) is 0 Å². The minimum atomic E-state index is -1.19. The standard InChI is InChI=1S/C19H18F2N4O4/c20-13-7-12(8-14(21)9-13)15-1-4-23-25(15)17(26)11-2-5-24(6-3-11)19-22-10-16(29-19)18(27)28/h4,7-11,15H,1-3,5-6H2,(H,27,28). The van der Waals surface area contributed by atoms with E-state index in [-0.39, 0.29) is 23.6 Å². The van der Waals surface area contributed by atoms with E-state index in [4.69, 9.17) is 9.52 Å². The van der Waals surface area contributed by atoms with Crippen LogP contribution in [0.2, 0.25) is 0 Å². The number of oxazole rings is 1. The number of amides is 1. The summed E-state index contributed by atoms with van der Waals surface area (Å²) in [7, 11) is 0. The van der Waals surface area contributed by atoms with Crippen molar-refractivity contribution in [2.24, 2.45) is 11.0 Å². The number of benzene rings is 1. The Kier molecular flexibility index (Phi) is 4.99. The van der Waals surface area contributed by atoms with Gasteiger partial charge in [-0.15, -0.1) is 0 Å². The van der Waals surface area contributed by atoms with Gasteiger partial charge in [0.05, 0.1) is 12.2 Å². The van der Waals surface area contributed by atoms with Crippen LogP contribution in [0.5, 0.6) is 0 Å². The van der Waals surface area contributed by atoms with E-state index in [1.54, 1.807) is 11.1 Å². The van der Waals surface area contributed by atoms with E-state index in [2.05, 4.69) is 10.1 Å². The Morgan fingerprint density at radius 2 is 1.83 bits per heavy atom. The van der Waals surface area contributed by atoms with Gasteiger partial charge in [0.15, 0.2) is 0 Å². The van der Waals surface area contributed by atoms with Gasteiger partial charge in [0.1, 0.15) is 11.6 Å². The molecule has 1 saturated heterocycles. The van der Waals surface area contributed by atoms with Gasteiger partial charge >= 0.3 is 5.97 Å². The van der Waals surface area contributed by atoms with E-state index in [0.29, 0.717) is 37.9 Å². The molecule has 8 nitrogen and oxygen atoms in total. The van der Waals surface area contributed by atoms with Gasteiger partial charge in [0.25, 0.3) is 6.01 Å². The van der Waals surface area contributed by atoms with Crippen LogP contribution in [0.25, 0.3) is 0 Å². The molecule has 3 heterocycles. The molecule has 29 heavy (non-hydrogen) atoms. The zero-order chi connectivity index (χ0) is 20.5. The van der Waals surface area contributed by atoms with Crippen molar-refractivity contribution in [1.29, 1.82) is 0 Å². The Morgan fingerprint density at radius 3 is 2.45 bits per heavy atom. The summed E-state index contributed by atoms with van der Waals surface area (Å²) >= 11 is 0. The fraction of sp³-hybridized carbons (Fsp3) is 0.368. The summed E-state index contributed by atoms with van der Waals surface area (Å²) in [5, 5.41) is 14.4. The van der Waals surface area contributed by atoms with Crippen molar-refractivity contribution in [2.45, 2.75) is 25.3 Å². The van der Waals surface area contributed by atoms with E-state index in [1.165, 1.54) is 17.1 Å². The number of aromatic nitrogens is 1. The molecular weight excluding hydrogens is 386 g/mol. The molecule has 1 N–H and O–H groups in total. The maximum Gasteiger partial charge on any atom is 0.373 e. The predicted octanol–water partition coefficient (Wildman–Crippen LogP) is 2.83. The smallest absolute Gasteiger partial charge is 0.373 e. The van der Waals surface area contributed by atoms with Crippen LogP contribution in [0.1, 0.15) is 41.4 Å². The molecule has 1 fully saturated rings. The minimum Gasteiger partial charge on any atom is -0.475 e. The first-order chi connectivity index (χ1) is 13.9. The van der Waals surface area contributed by atoms with Gasteiger partial charge < -0.3 is 14.4 Å². The van der Waals surface area contributed by atoms with Crippen LogP contribution in [0, 0.1) is 17.6 Å². The summed E-state index contributed by atoms with van der Waals surface area (Å²) in [6, 6.07) is 2.90. The van der Waals surface area contributed by atoms with Crippen molar-refractivity contribution in [2.75, 3.05) is 18.0 Å². The molecule has 2 aromatic rings. The molecule has 0 spiro atoms. The number of hydrogen-bond acceptors (Lipinski definition) is 6. The first-order valence-corrected chi connectivity index (χ1v) is 9.18. The van der Waals surface area contributed by atoms with E-state index in [0.717, 1.165) is 12.3 Å². The van der Waals surface area contributed by atoms with Crippen LogP contribution in [0.4, 0.5) is 14.8 Å². The van der Waals surface area contributed by atoms with Gasteiger partial charge in [-0.3, -0.25) is 4.79 Å². The molecule has 1 aromatic carbocycles. The third kappa shape index (κ3) is 3.82. The quantitative estimate of drug-likeness (QED) is 0.841. The summed E-state index contributed by atoms with van der Waals surface area (Å²) in [5.74, 6) is -3.34. The van der Waals surface area contributed by atoms with Gasteiger partial charge in [-0.1, -0.05) is 0 Å². The first kappa shape index (κ1) is 19.0. The van der Waals surface area contributed by atoms with Crippen molar-refractivity contribution in [3.8, 4) is 0 Å². The number of nitrogens with zero attached hydrogens (tertiary/aromatic N) is 4. The number of carbonyl (C=O) groups excluding carboxylic acids is 1. The highest BCUT2D eigenvalue weighted by atomic mass is 19.1. The van der Waals surface area contributed by atoms with E-state index in [9.17, 15) is 18.4 Å². The lowest BCUT2D eigenvalue weighted by molar-refractivity contribution is -0.138. The highest BCUT2D eigenvalue weighted by Crippen LogP contribution is 2.33. The molecule has 0 aliphatic carbocycles. The highest BCUT2D eigenvalue weighted by molar-refractivity contribution is 5.84. The maximum absolute atomic E-state index is 13.6. The monoisotopic (exact) mass is 404 g/mol. The Morgan fingerprint density at radius 1 is 1.14 bits per heavy atom. The van der Waals surface area contributed by atoms with Crippen molar-refractivity contribution in [1.82, 2.24) is 9.99 Å². The minimum absolute atomic E-state index is 0.202. The SMILES string of the molecule is O=C(O)c1cnc(N2CCC(C(=O)N3N=CCC3c3cc(F)cc(F)c3)CC2)o1. The zero-order valence-electron chi connectivity index (χ0n) is 15.3. The van der Waals surface area contributed by atoms with Gasteiger partial charge in [-0.2, -0.15) is 5.10 Å². The van der Waals surface area contributed by atoms with Crippen LogP contribution in [0.3, 0.4) is 0 Å². The number of carboxylic acids is 1. The molecule has 1 atom stereocenters. The molecule has 0 saturated carbocycles. The second-order valence-electron chi connectivity index (χ2n) is 7.01. The number of rotatable bonds is 4. The summed E-state index contributed by atoms with van der Waals surface area (Å²) in [4.78, 5) is 29.6. The number of hydrogen-bond donors (Lipinski definition) is 1. The molecule has 4 rings (SSSR count).